The fraction of sp³-hybridized carbons (Fsp3) is 0.500. The number of rotatable bonds is 7. The quantitative estimate of drug-likeness (QED) is 0.550. The summed E-state index contributed by atoms with van der Waals surface area (Å²) in [4.78, 5) is 0. The summed E-state index contributed by atoms with van der Waals surface area (Å²) < 4.78 is 10.8. The van der Waals surface area contributed by atoms with Crippen molar-refractivity contribution < 1.29 is 9.47 Å². The lowest BCUT2D eigenvalue weighted by atomic mass is 10.3. The first kappa shape index (κ1) is 12.8. The Bertz CT molecular complexity index is 299. The fourth-order valence-electron chi connectivity index (χ4n) is 1.39. The lowest BCUT2D eigenvalue weighted by Crippen LogP contribution is -2.26. The predicted octanol–water partition coefficient (Wildman–Crippen LogP) is 2.08. The number of hydrogen-bond acceptors (Lipinski definition) is 4. The molecule has 1 aromatic rings. The van der Waals surface area contributed by atoms with Crippen LogP contribution >= 0.6 is 0 Å². The van der Waals surface area contributed by atoms with E-state index in [-0.39, 0.29) is 6.29 Å². The minimum absolute atomic E-state index is 0.227. The van der Waals surface area contributed by atoms with E-state index in [1.165, 1.54) is 0 Å². The van der Waals surface area contributed by atoms with Gasteiger partial charge in [0.05, 0.1) is 17.9 Å². The highest BCUT2D eigenvalue weighted by molar-refractivity contribution is 5.65. The molecule has 4 heteroatoms. The molecule has 0 aliphatic rings. The maximum Gasteiger partial charge on any atom is 0.174 e. The molecular weight excluding hydrogens is 204 g/mol. The Kier molecular flexibility index (Phi) is 5.67. The standard InChI is InChI=1S/C12H20N2O2/c1-3-15-12(16-4-2)9-14-11-8-6-5-7-10(11)13/h5-8,12,14H,3-4,9,13H2,1-2H3. The van der Waals surface area contributed by atoms with Gasteiger partial charge in [-0.15, -0.1) is 0 Å². The van der Waals surface area contributed by atoms with Crippen molar-refractivity contribution in [3.63, 3.8) is 0 Å². The summed E-state index contributed by atoms with van der Waals surface area (Å²) in [6.45, 7) is 5.76. The van der Waals surface area contributed by atoms with Gasteiger partial charge in [0.15, 0.2) is 6.29 Å². The second-order valence-corrected chi connectivity index (χ2v) is 3.31. The van der Waals surface area contributed by atoms with Crippen LogP contribution in [0.4, 0.5) is 11.4 Å². The van der Waals surface area contributed by atoms with Gasteiger partial charge in [0.1, 0.15) is 0 Å². The van der Waals surface area contributed by atoms with Crippen LogP contribution in [-0.4, -0.2) is 26.0 Å². The van der Waals surface area contributed by atoms with Crippen LogP contribution in [0, 0.1) is 0 Å². The van der Waals surface area contributed by atoms with Gasteiger partial charge >= 0.3 is 0 Å². The zero-order valence-electron chi connectivity index (χ0n) is 9.90. The van der Waals surface area contributed by atoms with Crippen LogP contribution in [0.3, 0.4) is 0 Å². The van der Waals surface area contributed by atoms with E-state index in [0.717, 1.165) is 11.4 Å². The Morgan fingerprint density at radius 1 is 1.19 bits per heavy atom. The van der Waals surface area contributed by atoms with Gasteiger partial charge in [-0.3, -0.25) is 0 Å². The highest BCUT2D eigenvalue weighted by Gasteiger charge is 2.07. The summed E-state index contributed by atoms with van der Waals surface area (Å²) >= 11 is 0. The van der Waals surface area contributed by atoms with Crippen molar-refractivity contribution in [2.45, 2.75) is 20.1 Å². The van der Waals surface area contributed by atoms with Crippen molar-refractivity contribution in [2.75, 3.05) is 30.8 Å². The number of nitrogens with two attached hydrogens (primary N) is 1. The number of hydrogen-bond donors (Lipinski definition) is 2. The van der Waals surface area contributed by atoms with E-state index in [1.54, 1.807) is 0 Å². The lowest BCUT2D eigenvalue weighted by molar-refractivity contribution is -0.126. The van der Waals surface area contributed by atoms with E-state index >= 15 is 0 Å². The molecule has 0 aliphatic heterocycles. The minimum atomic E-state index is -0.227. The van der Waals surface area contributed by atoms with Crippen molar-refractivity contribution in [1.29, 1.82) is 0 Å². The number of benzene rings is 1. The molecule has 0 saturated carbocycles. The molecule has 1 aromatic carbocycles. The maximum atomic E-state index is 5.81. The second kappa shape index (κ2) is 7.09. The third-order valence-corrected chi connectivity index (χ3v) is 2.13. The van der Waals surface area contributed by atoms with Crippen LogP contribution in [0.1, 0.15) is 13.8 Å². The van der Waals surface area contributed by atoms with E-state index in [9.17, 15) is 0 Å². The average molecular weight is 224 g/mol. The lowest BCUT2D eigenvalue weighted by Gasteiger charge is -2.18. The van der Waals surface area contributed by atoms with Gasteiger partial charge in [0.25, 0.3) is 0 Å². The molecule has 0 aromatic heterocycles. The van der Waals surface area contributed by atoms with Crippen molar-refractivity contribution in [1.82, 2.24) is 0 Å². The molecule has 0 amide bonds. The summed E-state index contributed by atoms with van der Waals surface area (Å²) in [6.07, 6.45) is -0.227. The van der Waals surface area contributed by atoms with Crippen LogP contribution in [0.15, 0.2) is 24.3 Å². The first-order valence-electron chi connectivity index (χ1n) is 5.59. The summed E-state index contributed by atoms with van der Waals surface area (Å²) in [6, 6.07) is 7.64. The van der Waals surface area contributed by atoms with E-state index in [2.05, 4.69) is 5.32 Å². The monoisotopic (exact) mass is 224 g/mol. The van der Waals surface area contributed by atoms with Crippen molar-refractivity contribution in [3.8, 4) is 0 Å². The predicted molar refractivity (Wildman–Crippen MR) is 66.4 cm³/mol. The number of para-hydroxylation sites is 2. The maximum absolute atomic E-state index is 5.81. The molecule has 16 heavy (non-hydrogen) atoms. The van der Waals surface area contributed by atoms with E-state index in [1.807, 2.05) is 38.1 Å². The van der Waals surface area contributed by atoms with Gasteiger partial charge in [-0.2, -0.15) is 0 Å². The van der Waals surface area contributed by atoms with Crippen molar-refractivity contribution >= 4 is 11.4 Å². The first-order valence-corrected chi connectivity index (χ1v) is 5.59. The third kappa shape index (κ3) is 4.08. The Morgan fingerprint density at radius 3 is 2.38 bits per heavy atom. The molecule has 0 spiro atoms. The smallest absolute Gasteiger partial charge is 0.174 e. The topological polar surface area (TPSA) is 56.5 Å². The van der Waals surface area contributed by atoms with Gasteiger partial charge in [-0.05, 0) is 26.0 Å². The highest BCUT2D eigenvalue weighted by atomic mass is 16.7. The van der Waals surface area contributed by atoms with E-state index in [0.29, 0.717) is 19.8 Å². The highest BCUT2D eigenvalue weighted by Crippen LogP contribution is 2.16. The molecule has 0 atom stereocenters. The molecule has 0 bridgehead atoms. The molecule has 1 rings (SSSR count). The molecule has 0 heterocycles. The summed E-state index contributed by atoms with van der Waals surface area (Å²) in [5.74, 6) is 0. The molecule has 0 aliphatic carbocycles. The number of nitrogen functional groups attached to an aromatic ring is 1. The Morgan fingerprint density at radius 2 is 1.81 bits per heavy atom. The third-order valence-electron chi connectivity index (χ3n) is 2.13. The molecule has 4 nitrogen and oxygen atoms in total. The summed E-state index contributed by atoms with van der Waals surface area (Å²) in [5.41, 5.74) is 7.45. The van der Waals surface area contributed by atoms with Gasteiger partial charge in [0.2, 0.25) is 0 Å². The van der Waals surface area contributed by atoms with Crippen molar-refractivity contribution in [3.05, 3.63) is 24.3 Å². The molecule has 90 valence electrons. The average Bonchev–Trinajstić information content (AvgIpc) is 2.28. The second-order valence-electron chi connectivity index (χ2n) is 3.31. The largest absolute Gasteiger partial charge is 0.397 e. The van der Waals surface area contributed by atoms with Crippen LogP contribution < -0.4 is 11.1 Å². The fourth-order valence-corrected chi connectivity index (χ4v) is 1.39. The molecule has 0 fully saturated rings. The van der Waals surface area contributed by atoms with Gasteiger partial charge < -0.3 is 20.5 Å². The first-order chi connectivity index (χ1) is 7.77. The molecule has 0 unspecified atom stereocenters. The Labute approximate surface area is 96.7 Å². The molecule has 0 saturated heterocycles. The number of ether oxygens (including phenoxy) is 2. The zero-order valence-corrected chi connectivity index (χ0v) is 9.90. The van der Waals surface area contributed by atoms with Gasteiger partial charge in [-0.25, -0.2) is 0 Å². The molecule has 0 radical (unpaired) electrons. The normalized spacial score (nSPS) is 10.7. The van der Waals surface area contributed by atoms with Crippen molar-refractivity contribution in [2.24, 2.45) is 0 Å². The SMILES string of the molecule is CCOC(CNc1ccccc1N)OCC. The van der Waals surface area contributed by atoms with Gasteiger partial charge in [0, 0.05) is 13.2 Å². The molecule has 3 N–H and O–H groups in total. The zero-order chi connectivity index (χ0) is 11.8. The number of anilines is 2. The molecular formula is C12H20N2O2. The van der Waals surface area contributed by atoms with E-state index in [4.69, 9.17) is 15.2 Å². The van der Waals surface area contributed by atoms with Crippen LogP contribution in [-0.2, 0) is 9.47 Å². The minimum Gasteiger partial charge on any atom is -0.397 e. The Hall–Kier alpha value is -1.26. The summed E-state index contributed by atoms with van der Waals surface area (Å²) in [5, 5.41) is 3.21. The summed E-state index contributed by atoms with van der Waals surface area (Å²) in [7, 11) is 0. The number of nitrogens with one attached hydrogen (secondary N) is 1. The van der Waals surface area contributed by atoms with Gasteiger partial charge in [-0.1, -0.05) is 12.1 Å². The van der Waals surface area contributed by atoms with E-state index < -0.39 is 0 Å². The van der Waals surface area contributed by atoms with Crippen LogP contribution in [0.2, 0.25) is 0 Å². The van der Waals surface area contributed by atoms with Crippen LogP contribution in [0.25, 0.3) is 0 Å². The van der Waals surface area contributed by atoms with Crippen LogP contribution in [0.5, 0.6) is 0 Å². The Balaban J connectivity index is 2.45.